The van der Waals surface area contributed by atoms with Crippen LogP contribution in [0.25, 0.3) is 0 Å². The molecule has 0 aromatic rings. The van der Waals surface area contributed by atoms with Crippen LogP contribution in [0.4, 0.5) is 0 Å². The van der Waals surface area contributed by atoms with Crippen molar-refractivity contribution in [1.29, 1.82) is 0 Å². The van der Waals surface area contributed by atoms with E-state index in [1.807, 2.05) is 0 Å². The summed E-state index contributed by atoms with van der Waals surface area (Å²) in [5, 5.41) is 0. The van der Waals surface area contributed by atoms with Gasteiger partial charge < -0.3 is 0 Å². The largest absolute Gasteiger partial charge is 0.299 e. The van der Waals surface area contributed by atoms with Gasteiger partial charge in [-0.2, -0.15) is 0 Å². The summed E-state index contributed by atoms with van der Waals surface area (Å²) < 4.78 is 0. The van der Waals surface area contributed by atoms with Gasteiger partial charge in [-0.15, -0.1) is 0 Å². The minimum Gasteiger partial charge on any atom is -0.299 e. The lowest BCUT2D eigenvalue weighted by atomic mass is 9.75. The standard InChI is InChI=1S/C17H28O2/c1-5-8-13-17(4,14-9-6-2)16(19)12-11-15(18)10-7-3/h5-6,8-9,11-14H2,1-4H3. The quantitative estimate of drug-likeness (QED) is 0.435. The summed E-state index contributed by atoms with van der Waals surface area (Å²) in [7, 11) is 0. The summed E-state index contributed by atoms with van der Waals surface area (Å²) >= 11 is 0. The molecule has 0 aliphatic carbocycles. The molecule has 0 aliphatic rings. The van der Waals surface area contributed by atoms with Crippen molar-refractivity contribution in [3.05, 3.63) is 0 Å². The highest BCUT2D eigenvalue weighted by Gasteiger charge is 2.31. The van der Waals surface area contributed by atoms with Crippen LogP contribution in [0.5, 0.6) is 0 Å². The molecule has 0 bridgehead atoms. The van der Waals surface area contributed by atoms with Crippen LogP contribution in [0.1, 0.15) is 79.1 Å². The van der Waals surface area contributed by atoms with E-state index < -0.39 is 0 Å². The van der Waals surface area contributed by atoms with Crippen molar-refractivity contribution < 1.29 is 9.59 Å². The third-order valence-corrected chi connectivity index (χ3v) is 3.68. The highest BCUT2D eigenvalue weighted by atomic mass is 16.1. The molecule has 19 heavy (non-hydrogen) atoms. The molecule has 2 nitrogen and oxygen atoms in total. The van der Waals surface area contributed by atoms with Gasteiger partial charge in [0.2, 0.25) is 5.78 Å². The summed E-state index contributed by atoms with van der Waals surface area (Å²) in [4.78, 5) is 23.8. The Kier molecular flexibility index (Phi) is 9.21. The first-order chi connectivity index (χ1) is 9.00. The molecule has 0 saturated carbocycles. The maximum Gasteiger partial charge on any atom is 0.205 e. The second kappa shape index (κ2) is 9.78. The first kappa shape index (κ1) is 17.9. The number of hydrogen-bond acceptors (Lipinski definition) is 2. The average molecular weight is 264 g/mol. The molecular weight excluding hydrogens is 236 g/mol. The van der Waals surface area contributed by atoms with Gasteiger partial charge in [0.15, 0.2) is 0 Å². The molecule has 0 aromatic heterocycles. The van der Waals surface area contributed by atoms with Crippen LogP contribution in [-0.2, 0) is 9.59 Å². The van der Waals surface area contributed by atoms with E-state index in [9.17, 15) is 9.59 Å². The highest BCUT2D eigenvalue weighted by Crippen LogP contribution is 2.33. The first-order valence-electron chi connectivity index (χ1n) is 7.49. The SMILES string of the molecule is CC#CC(=O)CCC(=O)C(C)(CCCC)CCCC. The van der Waals surface area contributed by atoms with Crippen molar-refractivity contribution in [2.24, 2.45) is 5.41 Å². The maximum absolute atomic E-state index is 12.4. The number of carbonyl (C=O) groups is 2. The molecule has 2 heteroatoms. The first-order valence-corrected chi connectivity index (χ1v) is 7.49. The van der Waals surface area contributed by atoms with Gasteiger partial charge in [0.1, 0.15) is 5.78 Å². The fourth-order valence-electron chi connectivity index (χ4n) is 2.27. The minimum atomic E-state index is -0.244. The Labute approximate surface area is 118 Å². The van der Waals surface area contributed by atoms with Crippen molar-refractivity contribution >= 4 is 11.6 Å². The molecule has 0 spiro atoms. The van der Waals surface area contributed by atoms with Gasteiger partial charge in [0, 0.05) is 18.3 Å². The van der Waals surface area contributed by atoms with Crippen molar-refractivity contribution in [2.75, 3.05) is 0 Å². The topological polar surface area (TPSA) is 34.1 Å². The Bertz CT molecular complexity index is 336. The second-order valence-electron chi connectivity index (χ2n) is 5.49. The van der Waals surface area contributed by atoms with Gasteiger partial charge in [-0.05, 0) is 25.7 Å². The molecular formula is C17H28O2. The van der Waals surface area contributed by atoms with Gasteiger partial charge in [-0.1, -0.05) is 52.4 Å². The van der Waals surface area contributed by atoms with Gasteiger partial charge in [-0.3, -0.25) is 9.59 Å². The molecule has 0 aromatic carbocycles. The van der Waals surface area contributed by atoms with Crippen LogP contribution >= 0.6 is 0 Å². The molecule has 0 N–H and O–H groups in total. The highest BCUT2D eigenvalue weighted by molar-refractivity contribution is 5.98. The van der Waals surface area contributed by atoms with Crippen LogP contribution in [0.3, 0.4) is 0 Å². The van der Waals surface area contributed by atoms with Crippen molar-refractivity contribution in [2.45, 2.75) is 79.1 Å². The molecule has 0 radical (unpaired) electrons. The molecule has 0 amide bonds. The van der Waals surface area contributed by atoms with E-state index in [2.05, 4.69) is 32.6 Å². The predicted molar refractivity (Wildman–Crippen MR) is 79.9 cm³/mol. The van der Waals surface area contributed by atoms with Crippen LogP contribution in [0, 0.1) is 17.3 Å². The van der Waals surface area contributed by atoms with Crippen LogP contribution in [0.15, 0.2) is 0 Å². The normalized spacial score (nSPS) is 10.7. The van der Waals surface area contributed by atoms with Crippen LogP contribution < -0.4 is 0 Å². The third kappa shape index (κ3) is 7.15. The molecule has 0 aliphatic heterocycles. The number of unbranched alkanes of at least 4 members (excludes halogenated alkanes) is 2. The number of ketones is 2. The molecule has 0 fully saturated rings. The maximum atomic E-state index is 12.4. The zero-order valence-electron chi connectivity index (χ0n) is 13.0. The number of hydrogen-bond donors (Lipinski definition) is 0. The third-order valence-electron chi connectivity index (χ3n) is 3.68. The summed E-state index contributed by atoms with van der Waals surface area (Å²) in [6.45, 7) is 8.00. The lowest BCUT2D eigenvalue weighted by molar-refractivity contribution is -0.130. The van der Waals surface area contributed by atoms with Gasteiger partial charge in [0.05, 0.1) is 0 Å². The summed E-state index contributed by atoms with van der Waals surface area (Å²) in [6.07, 6.45) is 6.87. The smallest absolute Gasteiger partial charge is 0.205 e. The molecule has 0 unspecified atom stereocenters. The van der Waals surface area contributed by atoms with Crippen molar-refractivity contribution in [3.8, 4) is 11.8 Å². The predicted octanol–water partition coefficient (Wildman–Crippen LogP) is 4.31. The number of Topliss-reactive ketones (excluding diaryl/α,β-unsaturated/α-hetero) is 2. The lowest BCUT2D eigenvalue weighted by Crippen LogP contribution is -2.28. The molecule has 0 rings (SSSR count). The fourth-order valence-corrected chi connectivity index (χ4v) is 2.27. The van der Waals surface area contributed by atoms with Gasteiger partial charge in [-0.25, -0.2) is 0 Å². The molecule has 0 heterocycles. The molecule has 108 valence electrons. The fraction of sp³-hybridized carbons (Fsp3) is 0.765. The van der Waals surface area contributed by atoms with E-state index in [-0.39, 0.29) is 23.4 Å². The summed E-state index contributed by atoms with van der Waals surface area (Å²) in [5.74, 6) is 5.20. The van der Waals surface area contributed by atoms with Crippen LogP contribution in [-0.4, -0.2) is 11.6 Å². The Morgan fingerprint density at radius 1 is 1.00 bits per heavy atom. The second-order valence-corrected chi connectivity index (χ2v) is 5.49. The Morgan fingerprint density at radius 3 is 1.95 bits per heavy atom. The van der Waals surface area contributed by atoms with E-state index in [0.717, 1.165) is 38.5 Å². The Hall–Kier alpha value is -1.10. The lowest BCUT2D eigenvalue weighted by Gasteiger charge is -2.28. The van der Waals surface area contributed by atoms with Gasteiger partial charge in [0.25, 0.3) is 0 Å². The van der Waals surface area contributed by atoms with Crippen molar-refractivity contribution in [3.63, 3.8) is 0 Å². The number of carbonyl (C=O) groups excluding carboxylic acids is 2. The zero-order chi connectivity index (χ0) is 14.7. The van der Waals surface area contributed by atoms with Crippen LogP contribution in [0.2, 0.25) is 0 Å². The zero-order valence-corrected chi connectivity index (χ0v) is 13.0. The number of rotatable bonds is 10. The van der Waals surface area contributed by atoms with Gasteiger partial charge >= 0.3 is 0 Å². The van der Waals surface area contributed by atoms with Crippen molar-refractivity contribution in [1.82, 2.24) is 0 Å². The Balaban J connectivity index is 4.51. The van der Waals surface area contributed by atoms with E-state index >= 15 is 0 Å². The Morgan fingerprint density at radius 2 is 1.53 bits per heavy atom. The molecule has 0 saturated heterocycles. The summed E-state index contributed by atoms with van der Waals surface area (Å²) in [6, 6.07) is 0. The minimum absolute atomic E-state index is 0.121. The molecule has 0 atom stereocenters. The summed E-state index contributed by atoms with van der Waals surface area (Å²) in [5.41, 5.74) is -0.244. The average Bonchev–Trinajstić information content (AvgIpc) is 2.40. The van der Waals surface area contributed by atoms with E-state index in [0.29, 0.717) is 6.42 Å². The monoisotopic (exact) mass is 264 g/mol. The van der Waals surface area contributed by atoms with E-state index in [1.165, 1.54) is 0 Å². The van der Waals surface area contributed by atoms with E-state index in [1.54, 1.807) is 6.92 Å². The van der Waals surface area contributed by atoms with E-state index in [4.69, 9.17) is 0 Å².